The van der Waals surface area contributed by atoms with Crippen molar-refractivity contribution in [2.24, 2.45) is 0 Å². The molecule has 0 unspecified atom stereocenters. The Morgan fingerprint density at radius 1 is 1.17 bits per heavy atom. The van der Waals surface area contributed by atoms with Gasteiger partial charge in [-0.2, -0.15) is 13.8 Å². The second kappa shape index (κ2) is 4.28. The molecule has 0 bridgehead atoms. The largest absolute Gasteiger partial charge is 0.399 e. The van der Waals surface area contributed by atoms with Gasteiger partial charge < -0.3 is 10.3 Å². The van der Waals surface area contributed by atoms with E-state index in [2.05, 4.69) is 14.7 Å². The van der Waals surface area contributed by atoms with E-state index in [1.165, 1.54) is 24.3 Å². The van der Waals surface area contributed by atoms with Gasteiger partial charge in [0.2, 0.25) is 5.82 Å². The Kier molecular flexibility index (Phi) is 2.93. The van der Waals surface area contributed by atoms with Crippen LogP contribution >= 0.6 is 0 Å². The van der Waals surface area contributed by atoms with Gasteiger partial charge in [-0.15, -0.1) is 0 Å². The summed E-state index contributed by atoms with van der Waals surface area (Å²) in [5, 5.41) is 3.22. The minimum Gasteiger partial charge on any atom is -0.399 e. The molecule has 0 aliphatic carbocycles. The van der Waals surface area contributed by atoms with Crippen LogP contribution in [0.1, 0.15) is 5.89 Å². The summed E-state index contributed by atoms with van der Waals surface area (Å²) in [7, 11) is 0. The summed E-state index contributed by atoms with van der Waals surface area (Å²) in [6, 6.07) is 5.92. The smallest absolute Gasteiger partial charge is 0.383 e. The maximum absolute atomic E-state index is 12.9. The molecule has 0 amide bonds. The second-order valence-electron chi connectivity index (χ2n) is 3.47. The first-order valence-electron chi connectivity index (χ1n) is 4.77. The van der Waals surface area contributed by atoms with Crippen LogP contribution in [-0.2, 0) is 5.92 Å². The lowest BCUT2D eigenvalue weighted by molar-refractivity contribution is -0.152. The number of rotatable bonds is 3. The van der Waals surface area contributed by atoms with Gasteiger partial charge in [0.1, 0.15) is 0 Å². The maximum atomic E-state index is 12.9. The number of halogens is 4. The van der Waals surface area contributed by atoms with Gasteiger partial charge in [-0.25, -0.2) is 8.78 Å². The number of anilines is 1. The Labute approximate surface area is 98.4 Å². The first kappa shape index (κ1) is 12.3. The fraction of sp³-hybridized carbons (Fsp3) is 0.200. The van der Waals surface area contributed by atoms with Crippen molar-refractivity contribution in [3.63, 3.8) is 0 Å². The Bertz CT molecular complexity index is 538. The van der Waals surface area contributed by atoms with Crippen molar-refractivity contribution in [3.8, 4) is 11.4 Å². The molecule has 0 aliphatic rings. The summed E-state index contributed by atoms with van der Waals surface area (Å²) in [6.45, 7) is 0. The Morgan fingerprint density at radius 3 is 2.33 bits per heavy atom. The van der Waals surface area contributed by atoms with Crippen LogP contribution in [0.2, 0.25) is 0 Å². The van der Waals surface area contributed by atoms with E-state index in [0.29, 0.717) is 11.3 Å². The molecule has 4 nitrogen and oxygen atoms in total. The summed E-state index contributed by atoms with van der Waals surface area (Å²) in [5.41, 5.74) is 6.23. The van der Waals surface area contributed by atoms with Crippen molar-refractivity contribution >= 4 is 5.69 Å². The van der Waals surface area contributed by atoms with E-state index in [0.717, 1.165) is 0 Å². The third kappa shape index (κ3) is 2.13. The number of benzene rings is 1. The van der Waals surface area contributed by atoms with E-state index in [9.17, 15) is 17.6 Å². The second-order valence-corrected chi connectivity index (χ2v) is 3.47. The van der Waals surface area contributed by atoms with Crippen molar-refractivity contribution in [2.75, 3.05) is 5.73 Å². The molecule has 1 aromatic carbocycles. The fourth-order valence-electron chi connectivity index (χ4n) is 1.20. The van der Waals surface area contributed by atoms with Crippen LogP contribution in [0, 0.1) is 0 Å². The van der Waals surface area contributed by atoms with Crippen molar-refractivity contribution in [2.45, 2.75) is 12.3 Å². The average Bonchev–Trinajstić information content (AvgIpc) is 2.79. The zero-order valence-corrected chi connectivity index (χ0v) is 8.78. The van der Waals surface area contributed by atoms with Crippen LogP contribution < -0.4 is 5.73 Å². The molecule has 0 radical (unpaired) electrons. The Hall–Kier alpha value is -2.12. The average molecular weight is 261 g/mol. The SMILES string of the molecule is Nc1ccc(-c2noc(C(F)(F)C(F)F)n2)cc1. The molecule has 0 saturated carbocycles. The van der Waals surface area contributed by atoms with Crippen LogP contribution in [0.4, 0.5) is 23.2 Å². The van der Waals surface area contributed by atoms with Gasteiger partial charge in [0, 0.05) is 11.3 Å². The molecule has 2 N–H and O–H groups in total. The van der Waals surface area contributed by atoms with Gasteiger partial charge in [0.25, 0.3) is 0 Å². The lowest BCUT2D eigenvalue weighted by Crippen LogP contribution is -2.23. The molecule has 2 aromatic rings. The molecule has 0 fully saturated rings. The summed E-state index contributed by atoms with van der Waals surface area (Å²) in [5.74, 6) is -6.08. The Morgan fingerprint density at radius 2 is 1.78 bits per heavy atom. The van der Waals surface area contributed by atoms with E-state index in [4.69, 9.17) is 5.73 Å². The van der Waals surface area contributed by atoms with Crippen molar-refractivity contribution in [1.29, 1.82) is 0 Å². The number of hydrogen-bond donors (Lipinski definition) is 1. The summed E-state index contributed by atoms with van der Waals surface area (Å²) < 4.78 is 54.1. The number of nitrogen functional groups attached to an aromatic ring is 1. The van der Waals surface area contributed by atoms with E-state index in [1.54, 1.807) is 0 Å². The highest BCUT2D eigenvalue weighted by atomic mass is 19.3. The standard InChI is InChI=1S/C10H7F4N3O/c11-8(12)10(13,14)9-16-7(17-18-9)5-1-3-6(15)4-2-5/h1-4,8H,15H2. The molecule has 1 aromatic heterocycles. The highest BCUT2D eigenvalue weighted by molar-refractivity contribution is 5.58. The van der Waals surface area contributed by atoms with Crippen molar-refractivity contribution in [1.82, 2.24) is 10.1 Å². The monoisotopic (exact) mass is 261 g/mol. The molecule has 0 saturated heterocycles. The van der Waals surface area contributed by atoms with Crippen molar-refractivity contribution < 1.29 is 22.1 Å². The molecular formula is C10H7F4N3O. The molecule has 0 aliphatic heterocycles. The van der Waals surface area contributed by atoms with Gasteiger partial charge in [0.15, 0.2) is 0 Å². The van der Waals surface area contributed by atoms with Gasteiger partial charge in [-0.1, -0.05) is 5.16 Å². The van der Waals surface area contributed by atoms with Gasteiger partial charge in [0.05, 0.1) is 0 Å². The number of nitrogens with zero attached hydrogens (tertiary/aromatic N) is 2. The third-order valence-electron chi connectivity index (χ3n) is 2.15. The van der Waals surface area contributed by atoms with Crippen molar-refractivity contribution in [3.05, 3.63) is 30.2 Å². The van der Waals surface area contributed by atoms with E-state index in [1.807, 2.05) is 0 Å². The lowest BCUT2D eigenvalue weighted by Gasteiger charge is -2.08. The van der Waals surface area contributed by atoms with Crippen LogP contribution in [0.25, 0.3) is 11.4 Å². The van der Waals surface area contributed by atoms with E-state index < -0.39 is 18.2 Å². The Balaban J connectivity index is 2.34. The first-order chi connectivity index (χ1) is 8.41. The normalized spacial score (nSPS) is 12.1. The fourth-order valence-corrected chi connectivity index (χ4v) is 1.20. The number of hydrogen-bond acceptors (Lipinski definition) is 4. The third-order valence-corrected chi connectivity index (χ3v) is 2.15. The van der Waals surface area contributed by atoms with E-state index >= 15 is 0 Å². The van der Waals surface area contributed by atoms with Crippen LogP contribution in [-0.4, -0.2) is 16.6 Å². The predicted octanol–water partition coefficient (Wildman–Crippen LogP) is 2.68. The van der Waals surface area contributed by atoms with Gasteiger partial charge >= 0.3 is 18.2 Å². The lowest BCUT2D eigenvalue weighted by atomic mass is 10.2. The number of alkyl halides is 4. The molecule has 2 rings (SSSR count). The number of nitrogens with two attached hydrogens (primary N) is 1. The van der Waals surface area contributed by atoms with Gasteiger partial charge in [-0.05, 0) is 24.3 Å². The minimum absolute atomic E-state index is 0.203. The molecule has 0 atom stereocenters. The predicted molar refractivity (Wildman–Crippen MR) is 54.0 cm³/mol. The van der Waals surface area contributed by atoms with Crippen LogP contribution in [0.15, 0.2) is 28.8 Å². The maximum Gasteiger partial charge on any atom is 0.383 e. The van der Waals surface area contributed by atoms with Crippen LogP contribution in [0.3, 0.4) is 0 Å². The van der Waals surface area contributed by atoms with Gasteiger partial charge in [-0.3, -0.25) is 0 Å². The molecule has 8 heteroatoms. The zero-order valence-electron chi connectivity index (χ0n) is 8.78. The quantitative estimate of drug-likeness (QED) is 0.681. The minimum atomic E-state index is -4.46. The molecule has 1 heterocycles. The number of aromatic nitrogens is 2. The highest BCUT2D eigenvalue weighted by Crippen LogP contribution is 2.34. The zero-order chi connectivity index (χ0) is 13.3. The molecular weight excluding hydrogens is 254 g/mol. The summed E-state index contributed by atoms with van der Waals surface area (Å²) in [4.78, 5) is 3.25. The van der Waals surface area contributed by atoms with Crippen LogP contribution in [0.5, 0.6) is 0 Å². The highest BCUT2D eigenvalue weighted by Gasteiger charge is 2.48. The first-order valence-corrected chi connectivity index (χ1v) is 4.77. The van der Waals surface area contributed by atoms with E-state index in [-0.39, 0.29) is 5.82 Å². The molecule has 18 heavy (non-hydrogen) atoms. The summed E-state index contributed by atoms with van der Waals surface area (Å²) >= 11 is 0. The topological polar surface area (TPSA) is 64.9 Å². The summed E-state index contributed by atoms with van der Waals surface area (Å²) in [6.07, 6.45) is -3.91. The molecule has 96 valence electrons. The molecule has 0 spiro atoms.